The summed E-state index contributed by atoms with van der Waals surface area (Å²) in [7, 11) is 0. The molecule has 1 aliphatic heterocycles. The van der Waals surface area contributed by atoms with E-state index in [-0.39, 0.29) is 0 Å². The van der Waals surface area contributed by atoms with Gasteiger partial charge in [0.2, 0.25) is 0 Å². The third-order valence-electron chi connectivity index (χ3n) is 4.49. The summed E-state index contributed by atoms with van der Waals surface area (Å²) in [5.41, 5.74) is 2.21. The molecule has 1 N–H and O–H groups in total. The van der Waals surface area contributed by atoms with E-state index < -0.39 is 0 Å². The number of fused-ring (bicyclic) bond motifs is 1. The second-order valence-corrected chi connectivity index (χ2v) is 6.21. The molecule has 0 aromatic carbocycles. The van der Waals surface area contributed by atoms with Crippen LogP contribution in [0.25, 0.3) is 5.65 Å². The first kappa shape index (κ1) is 14.5. The van der Waals surface area contributed by atoms with Crippen molar-refractivity contribution in [2.75, 3.05) is 13.1 Å². The molecule has 114 valence electrons. The standard InChI is InChI=1S/C17H26N4/c1-3-6-15-11-21(14(2)8-9-18-15)13-16-12-20-10-5-4-7-17(20)19-16/h4-5,7,10,12,14-15,18H,3,6,8-9,11,13H2,1-2H3. The molecular weight excluding hydrogens is 260 g/mol. The van der Waals surface area contributed by atoms with E-state index in [4.69, 9.17) is 4.98 Å². The first-order chi connectivity index (χ1) is 10.3. The molecule has 0 radical (unpaired) electrons. The Morgan fingerprint density at radius 2 is 2.29 bits per heavy atom. The molecule has 2 atom stereocenters. The van der Waals surface area contributed by atoms with Crippen molar-refractivity contribution in [3.63, 3.8) is 0 Å². The molecule has 0 spiro atoms. The van der Waals surface area contributed by atoms with Gasteiger partial charge in [0.25, 0.3) is 0 Å². The minimum atomic E-state index is 0.615. The van der Waals surface area contributed by atoms with E-state index in [1.165, 1.54) is 25.0 Å². The Kier molecular flexibility index (Phi) is 4.56. The summed E-state index contributed by atoms with van der Waals surface area (Å²) < 4.78 is 2.11. The zero-order chi connectivity index (χ0) is 14.7. The number of nitrogens with zero attached hydrogens (tertiary/aromatic N) is 3. The van der Waals surface area contributed by atoms with Crippen LogP contribution in [0.2, 0.25) is 0 Å². The summed E-state index contributed by atoms with van der Waals surface area (Å²) >= 11 is 0. The fraction of sp³-hybridized carbons (Fsp3) is 0.588. The third kappa shape index (κ3) is 3.44. The molecule has 4 heteroatoms. The van der Waals surface area contributed by atoms with Gasteiger partial charge in [0.15, 0.2) is 0 Å². The Bertz CT molecular complexity index is 544. The lowest BCUT2D eigenvalue weighted by molar-refractivity contribution is 0.191. The van der Waals surface area contributed by atoms with Gasteiger partial charge in [-0.05, 0) is 38.4 Å². The number of imidazole rings is 1. The summed E-state index contributed by atoms with van der Waals surface area (Å²) in [6.45, 7) is 7.81. The molecule has 2 aromatic heterocycles. The highest BCUT2D eigenvalue weighted by Crippen LogP contribution is 2.16. The Hall–Kier alpha value is -1.39. The summed E-state index contributed by atoms with van der Waals surface area (Å²) in [6, 6.07) is 7.40. The number of hydrogen-bond acceptors (Lipinski definition) is 3. The van der Waals surface area contributed by atoms with E-state index in [9.17, 15) is 0 Å². The largest absolute Gasteiger partial charge is 0.313 e. The van der Waals surface area contributed by atoms with Crippen LogP contribution in [0.1, 0.15) is 38.8 Å². The maximum absolute atomic E-state index is 4.74. The minimum absolute atomic E-state index is 0.615. The van der Waals surface area contributed by atoms with Gasteiger partial charge in [0, 0.05) is 37.6 Å². The highest BCUT2D eigenvalue weighted by molar-refractivity contribution is 5.39. The molecule has 0 bridgehead atoms. The van der Waals surface area contributed by atoms with Gasteiger partial charge in [-0.2, -0.15) is 0 Å². The van der Waals surface area contributed by atoms with Crippen molar-refractivity contribution in [3.8, 4) is 0 Å². The van der Waals surface area contributed by atoms with Crippen LogP contribution >= 0.6 is 0 Å². The van der Waals surface area contributed by atoms with Gasteiger partial charge < -0.3 is 9.72 Å². The van der Waals surface area contributed by atoms with Gasteiger partial charge in [0.05, 0.1) is 5.69 Å². The monoisotopic (exact) mass is 286 g/mol. The average Bonchev–Trinajstić information content (AvgIpc) is 2.80. The third-order valence-corrected chi connectivity index (χ3v) is 4.49. The molecular formula is C17H26N4. The SMILES string of the molecule is CCCC1CN(Cc2cn3ccccc3n2)C(C)CCN1. The van der Waals surface area contributed by atoms with Crippen molar-refractivity contribution in [3.05, 3.63) is 36.3 Å². The zero-order valence-electron chi connectivity index (χ0n) is 13.1. The normalized spacial score (nSPS) is 24.3. The molecule has 0 saturated carbocycles. The molecule has 0 amide bonds. The Morgan fingerprint density at radius 1 is 1.38 bits per heavy atom. The molecule has 21 heavy (non-hydrogen) atoms. The van der Waals surface area contributed by atoms with E-state index >= 15 is 0 Å². The van der Waals surface area contributed by atoms with Crippen LogP contribution in [0.15, 0.2) is 30.6 Å². The van der Waals surface area contributed by atoms with Crippen LogP contribution in [0.4, 0.5) is 0 Å². The molecule has 3 heterocycles. The van der Waals surface area contributed by atoms with Crippen molar-refractivity contribution < 1.29 is 0 Å². The number of rotatable bonds is 4. The molecule has 1 fully saturated rings. The molecule has 4 nitrogen and oxygen atoms in total. The number of hydrogen-bond donors (Lipinski definition) is 1. The van der Waals surface area contributed by atoms with Gasteiger partial charge in [-0.25, -0.2) is 4.98 Å². The van der Waals surface area contributed by atoms with Gasteiger partial charge in [0.1, 0.15) is 5.65 Å². The van der Waals surface area contributed by atoms with Crippen molar-refractivity contribution in [2.45, 2.75) is 51.7 Å². The van der Waals surface area contributed by atoms with E-state index in [2.05, 4.69) is 46.9 Å². The second-order valence-electron chi connectivity index (χ2n) is 6.21. The highest BCUT2D eigenvalue weighted by Gasteiger charge is 2.23. The Labute approximate surface area is 127 Å². The number of pyridine rings is 1. The maximum atomic E-state index is 4.74. The van der Waals surface area contributed by atoms with Crippen molar-refractivity contribution >= 4 is 5.65 Å². The molecule has 1 saturated heterocycles. The number of nitrogens with one attached hydrogen (secondary N) is 1. The summed E-state index contributed by atoms with van der Waals surface area (Å²) in [5.74, 6) is 0. The molecule has 2 aromatic rings. The maximum Gasteiger partial charge on any atom is 0.137 e. The Balaban J connectivity index is 1.74. The van der Waals surface area contributed by atoms with Gasteiger partial charge >= 0.3 is 0 Å². The Morgan fingerprint density at radius 3 is 3.10 bits per heavy atom. The zero-order valence-corrected chi connectivity index (χ0v) is 13.1. The van der Waals surface area contributed by atoms with Crippen LogP contribution in [-0.2, 0) is 6.54 Å². The molecule has 2 unspecified atom stereocenters. The van der Waals surface area contributed by atoms with Gasteiger partial charge in [-0.15, -0.1) is 0 Å². The smallest absolute Gasteiger partial charge is 0.137 e. The van der Waals surface area contributed by atoms with Crippen LogP contribution in [0.5, 0.6) is 0 Å². The van der Waals surface area contributed by atoms with E-state index in [1.807, 2.05) is 12.1 Å². The summed E-state index contributed by atoms with van der Waals surface area (Å²) in [4.78, 5) is 7.33. The predicted octanol–water partition coefficient (Wildman–Crippen LogP) is 2.69. The lowest BCUT2D eigenvalue weighted by Gasteiger charge is -2.28. The topological polar surface area (TPSA) is 32.6 Å². The first-order valence-corrected chi connectivity index (χ1v) is 8.16. The van der Waals surface area contributed by atoms with Crippen LogP contribution in [-0.4, -0.2) is 39.5 Å². The van der Waals surface area contributed by atoms with Gasteiger partial charge in [-0.3, -0.25) is 4.90 Å². The number of aromatic nitrogens is 2. The fourth-order valence-corrected chi connectivity index (χ4v) is 3.24. The molecule has 0 aliphatic carbocycles. The van der Waals surface area contributed by atoms with E-state index in [0.29, 0.717) is 12.1 Å². The summed E-state index contributed by atoms with van der Waals surface area (Å²) in [6.07, 6.45) is 7.95. The van der Waals surface area contributed by atoms with Crippen molar-refractivity contribution in [1.29, 1.82) is 0 Å². The van der Waals surface area contributed by atoms with E-state index in [0.717, 1.165) is 25.3 Å². The van der Waals surface area contributed by atoms with E-state index in [1.54, 1.807) is 0 Å². The predicted molar refractivity (Wildman–Crippen MR) is 86.4 cm³/mol. The second kappa shape index (κ2) is 6.58. The van der Waals surface area contributed by atoms with Crippen LogP contribution in [0, 0.1) is 0 Å². The van der Waals surface area contributed by atoms with Crippen LogP contribution < -0.4 is 5.32 Å². The lowest BCUT2D eigenvalue weighted by Crippen LogP contribution is -2.39. The van der Waals surface area contributed by atoms with Crippen molar-refractivity contribution in [1.82, 2.24) is 19.6 Å². The molecule has 1 aliphatic rings. The molecule has 3 rings (SSSR count). The fourth-order valence-electron chi connectivity index (χ4n) is 3.24. The van der Waals surface area contributed by atoms with Crippen molar-refractivity contribution in [2.24, 2.45) is 0 Å². The van der Waals surface area contributed by atoms with Crippen LogP contribution in [0.3, 0.4) is 0 Å². The average molecular weight is 286 g/mol. The minimum Gasteiger partial charge on any atom is -0.313 e. The first-order valence-electron chi connectivity index (χ1n) is 8.16. The van der Waals surface area contributed by atoms with Gasteiger partial charge in [-0.1, -0.05) is 19.4 Å². The highest BCUT2D eigenvalue weighted by atomic mass is 15.2. The summed E-state index contributed by atoms with van der Waals surface area (Å²) in [5, 5.41) is 3.69. The quantitative estimate of drug-likeness (QED) is 0.938. The lowest BCUT2D eigenvalue weighted by atomic mass is 10.1.